The summed E-state index contributed by atoms with van der Waals surface area (Å²) in [5, 5.41) is 0.569. The molecule has 1 aliphatic carbocycles. The molecule has 2 aromatic rings. The topological polar surface area (TPSA) is 90.2 Å². The molecule has 0 bridgehead atoms. The molecule has 0 atom stereocenters. The van der Waals surface area contributed by atoms with E-state index in [0.29, 0.717) is 17.9 Å². The number of hydrogen-bond donors (Lipinski definition) is 1. The van der Waals surface area contributed by atoms with E-state index in [1.807, 2.05) is 12.1 Å². The summed E-state index contributed by atoms with van der Waals surface area (Å²) in [6.07, 6.45) is 5.09. The van der Waals surface area contributed by atoms with E-state index in [9.17, 15) is 18.0 Å². The van der Waals surface area contributed by atoms with E-state index in [1.54, 1.807) is 12.1 Å². The van der Waals surface area contributed by atoms with E-state index < -0.39 is 31.7 Å². The van der Waals surface area contributed by atoms with Crippen molar-refractivity contribution in [2.45, 2.75) is 42.5 Å². The summed E-state index contributed by atoms with van der Waals surface area (Å²) in [4.78, 5) is 23.9. The number of sulfonamides is 1. The maximum Gasteiger partial charge on any atom is 0.330 e. The Morgan fingerprint density at radius 2 is 1.63 bits per heavy atom. The molecule has 0 unspecified atom stereocenters. The minimum Gasteiger partial charge on any atom is -0.302 e. The second-order valence-electron chi connectivity index (χ2n) is 7.01. The quantitative estimate of drug-likeness (QED) is 0.831. The summed E-state index contributed by atoms with van der Waals surface area (Å²) < 4.78 is 30.9. The molecule has 0 aliphatic heterocycles. The average Bonchev–Trinajstić information content (AvgIpc) is 2.63. The highest BCUT2D eigenvalue weighted by Gasteiger charge is 2.39. The van der Waals surface area contributed by atoms with E-state index in [2.05, 4.69) is 4.72 Å². The van der Waals surface area contributed by atoms with Gasteiger partial charge in [-0.05, 0) is 30.5 Å². The first-order valence-electron chi connectivity index (χ1n) is 8.73. The molecule has 9 heteroatoms. The van der Waals surface area contributed by atoms with Gasteiger partial charge in [-0.25, -0.2) is 17.9 Å². The van der Waals surface area contributed by atoms with E-state index in [0.717, 1.165) is 40.2 Å². The fraction of sp³-hybridized carbons (Fsp3) is 0.444. The van der Waals surface area contributed by atoms with Gasteiger partial charge < -0.3 is 4.57 Å². The van der Waals surface area contributed by atoms with Crippen molar-refractivity contribution in [3.63, 3.8) is 0 Å². The van der Waals surface area contributed by atoms with Crippen LogP contribution in [0, 0.1) is 0 Å². The van der Waals surface area contributed by atoms with Crippen molar-refractivity contribution in [3.05, 3.63) is 61.9 Å². The molecule has 1 aliphatic rings. The van der Waals surface area contributed by atoms with Gasteiger partial charge in [-0.2, -0.15) is 0 Å². The molecule has 1 heterocycles. The lowest BCUT2D eigenvalue weighted by atomic mass is 9.77. The van der Waals surface area contributed by atoms with Crippen LogP contribution in [0.15, 0.2) is 44.9 Å². The minimum absolute atomic E-state index is 0.439. The predicted molar refractivity (Wildman–Crippen MR) is 103 cm³/mol. The first kappa shape index (κ1) is 19.9. The molecule has 1 N–H and O–H groups in total. The molecular weight excluding hydrogens is 390 g/mol. The highest BCUT2D eigenvalue weighted by molar-refractivity contribution is 7.89. The van der Waals surface area contributed by atoms with Crippen LogP contribution < -0.4 is 16.0 Å². The summed E-state index contributed by atoms with van der Waals surface area (Å²) in [6.45, 7) is 0. The Labute approximate surface area is 162 Å². The maximum absolute atomic E-state index is 13.1. The van der Waals surface area contributed by atoms with Crippen molar-refractivity contribution in [1.82, 2.24) is 13.9 Å². The third kappa shape index (κ3) is 3.74. The van der Waals surface area contributed by atoms with Crippen LogP contribution in [0.3, 0.4) is 0 Å². The molecule has 0 radical (unpaired) electrons. The Bertz CT molecular complexity index is 1070. The van der Waals surface area contributed by atoms with Crippen LogP contribution in [-0.4, -0.2) is 17.6 Å². The maximum atomic E-state index is 13.1. The molecule has 0 spiro atoms. The van der Waals surface area contributed by atoms with Crippen LogP contribution >= 0.6 is 11.6 Å². The molecule has 1 fully saturated rings. The van der Waals surface area contributed by atoms with Gasteiger partial charge in [0.2, 0.25) is 10.0 Å². The fourth-order valence-corrected chi connectivity index (χ4v) is 5.38. The number of rotatable bonds is 4. The van der Waals surface area contributed by atoms with Crippen molar-refractivity contribution in [3.8, 4) is 0 Å². The van der Waals surface area contributed by atoms with Crippen LogP contribution in [0.25, 0.3) is 0 Å². The Morgan fingerprint density at radius 1 is 1.04 bits per heavy atom. The summed E-state index contributed by atoms with van der Waals surface area (Å²) in [6, 6.07) is 7.09. The van der Waals surface area contributed by atoms with E-state index in [-0.39, 0.29) is 0 Å². The third-order valence-corrected chi connectivity index (χ3v) is 6.91. The smallest absolute Gasteiger partial charge is 0.302 e. The standard InChI is InChI=1S/C18H22ClN3O4S/c1-21-12-15(16(23)22(2)17(21)24)27(25,26)20-18(10-4-3-5-11-18)13-6-8-14(19)9-7-13/h6-9,12,20H,3-5,10-11H2,1-2H3. The van der Waals surface area contributed by atoms with Crippen LogP contribution in [0.4, 0.5) is 0 Å². The van der Waals surface area contributed by atoms with Gasteiger partial charge in [0.25, 0.3) is 5.56 Å². The zero-order valence-electron chi connectivity index (χ0n) is 15.2. The monoisotopic (exact) mass is 411 g/mol. The Hall–Kier alpha value is -1.90. The third-order valence-electron chi connectivity index (χ3n) is 5.14. The lowest BCUT2D eigenvalue weighted by Crippen LogP contribution is -2.49. The van der Waals surface area contributed by atoms with Gasteiger partial charge in [0, 0.05) is 25.3 Å². The van der Waals surface area contributed by atoms with E-state index in [4.69, 9.17) is 11.6 Å². The Kier molecular flexibility index (Phi) is 5.33. The average molecular weight is 412 g/mol. The largest absolute Gasteiger partial charge is 0.330 e. The zero-order chi connectivity index (χ0) is 19.8. The van der Waals surface area contributed by atoms with Crippen molar-refractivity contribution >= 4 is 21.6 Å². The van der Waals surface area contributed by atoms with Crippen LogP contribution in [0.2, 0.25) is 5.02 Å². The van der Waals surface area contributed by atoms with Gasteiger partial charge in [0.05, 0.1) is 5.54 Å². The summed E-state index contributed by atoms with van der Waals surface area (Å²) in [5.74, 6) is 0. The van der Waals surface area contributed by atoms with Gasteiger partial charge >= 0.3 is 5.69 Å². The van der Waals surface area contributed by atoms with Crippen LogP contribution in [0.5, 0.6) is 0 Å². The second kappa shape index (κ2) is 7.26. The molecule has 1 aromatic heterocycles. The number of benzene rings is 1. The highest BCUT2D eigenvalue weighted by atomic mass is 35.5. The molecule has 1 saturated carbocycles. The van der Waals surface area contributed by atoms with E-state index in [1.165, 1.54) is 14.1 Å². The molecule has 1 aromatic carbocycles. The lowest BCUT2D eigenvalue weighted by Gasteiger charge is -2.38. The molecule has 0 amide bonds. The summed E-state index contributed by atoms with van der Waals surface area (Å²) >= 11 is 5.98. The summed E-state index contributed by atoms with van der Waals surface area (Å²) in [7, 11) is -1.47. The van der Waals surface area contributed by atoms with Crippen LogP contribution in [0.1, 0.15) is 37.7 Å². The molecule has 146 valence electrons. The minimum atomic E-state index is -4.15. The van der Waals surface area contributed by atoms with Gasteiger partial charge in [0.1, 0.15) is 0 Å². The van der Waals surface area contributed by atoms with Crippen LogP contribution in [-0.2, 0) is 29.7 Å². The van der Waals surface area contributed by atoms with Gasteiger partial charge in [-0.15, -0.1) is 0 Å². The zero-order valence-corrected chi connectivity index (χ0v) is 16.8. The van der Waals surface area contributed by atoms with Crippen molar-refractivity contribution in [2.75, 3.05) is 0 Å². The first-order valence-corrected chi connectivity index (χ1v) is 10.6. The van der Waals surface area contributed by atoms with E-state index >= 15 is 0 Å². The molecular formula is C18H22ClN3O4S. The second-order valence-corrected chi connectivity index (χ2v) is 9.09. The normalized spacial score (nSPS) is 17.0. The van der Waals surface area contributed by atoms with Gasteiger partial charge in [0.15, 0.2) is 4.90 Å². The highest BCUT2D eigenvalue weighted by Crippen LogP contribution is 2.38. The fourth-order valence-electron chi connectivity index (χ4n) is 3.65. The number of nitrogens with zero attached hydrogens (tertiary/aromatic N) is 2. The van der Waals surface area contributed by atoms with Crippen molar-refractivity contribution < 1.29 is 8.42 Å². The molecule has 3 rings (SSSR count). The van der Waals surface area contributed by atoms with Crippen molar-refractivity contribution in [2.24, 2.45) is 14.1 Å². The Morgan fingerprint density at radius 3 is 2.22 bits per heavy atom. The number of aryl methyl sites for hydroxylation is 1. The lowest BCUT2D eigenvalue weighted by molar-refractivity contribution is 0.273. The predicted octanol–water partition coefficient (Wildman–Crippen LogP) is 1.88. The summed E-state index contributed by atoms with van der Waals surface area (Å²) in [5.41, 5.74) is -1.41. The first-order chi connectivity index (χ1) is 12.7. The molecule has 0 saturated heterocycles. The Balaban J connectivity index is 2.10. The SMILES string of the molecule is Cn1cc(S(=O)(=O)NC2(c3ccc(Cl)cc3)CCCCC2)c(=O)n(C)c1=O. The van der Waals surface area contributed by atoms with Gasteiger partial charge in [-0.1, -0.05) is 43.0 Å². The number of aromatic nitrogens is 2. The molecule has 27 heavy (non-hydrogen) atoms. The van der Waals surface area contributed by atoms with Crippen molar-refractivity contribution in [1.29, 1.82) is 0 Å². The molecule has 7 nitrogen and oxygen atoms in total. The number of hydrogen-bond acceptors (Lipinski definition) is 4. The number of nitrogens with one attached hydrogen (secondary N) is 1. The number of halogens is 1. The van der Waals surface area contributed by atoms with Gasteiger partial charge in [-0.3, -0.25) is 9.36 Å².